The summed E-state index contributed by atoms with van der Waals surface area (Å²) in [6, 6.07) is 9.59. The molecule has 0 unspecified atom stereocenters. The van der Waals surface area contributed by atoms with Gasteiger partial charge in [-0.3, -0.25) is 9.59 Å². The molecular formula is C18H26N2O3. The molecule has 2 rings (SSSR count). The van der Waals surface area contributed by atoms with Crippen molar-refractivity contribution in [1.29, 1.82) is 0 Å². The van der Waals surface area contributed by atoms with Gasteiger partial charge < -0.3 is 15.4 Å². The van der Waals surface area contributed by atoms with Gasteiger partial charge in [0.2, 0.25) is 11.8 Å². The SMILES string of the molecule is O=C(CNC(=O)C1CCCCC1)NCCCOc1ccccc1. The number of hydrogen-bond donors (Lipinski definition) is 2. The average Bonchev–Trinajstić information content (AvgIpc) is 2.61. The van der Waals surface area contributed by atoms with E-state index in [0.717, 1.165) is 37.9 Å². The molecule has 5 nitrogen and oxygen atoms in total. The molecule has 0 aliphatic heterocycles. The van der Waals surface area contributed by atoms with Crippen LogP contribution in [0.15, 0.2) is 30.3 Å². The summed E-state index contributed by atoms with van der Waals surface area (Å²) in [6.45, 7) is 1.17. The Morgan fingerprint density at radius 2 is 1.78 bits per heavy atom. The zero-order chi connectivity index (χ0) is 16.3. The maximum atomic E-state index is 11.9. The molecule has 0 heterocycles. The van der Waals surface area contributed by atoms with Crippen LogP contribution < -0.4 is 15.4 Å². The van der Waals surface area contributed by atoms with Crippen molar-refractivity contribution in [2.45, 2.75) is 38.5 Å². The summed E-state index contributed by atoms with van der Waals surface area (Å²) in [5, 5.41) is 5.53. The summed E-state index contributed by atoms with van der Waals surface area (Å²) in [5.41, 5.74) is 0. The molecule has 23 heavy (non-hydrogen) atoms. The molecule has 0 saturated heterocycles. The Labute approximate surface area is 137 Å². The Hall–Kier alpha value is -2.04. The predicted octanol–water partition coefficient (Wildman–Crippen LogP) is 2.27. The number of hydrogen-bond acceptors (Lipinski definition) is 3. The standard InChI is InChI=1S/C18H26N2O3/c21-17(14-20-18(22)15-8-3-1-4-9-15)19-12-7-13-23-16-10-5-2-6-11-16/h2,5-6,10-11,15H,1,3-4,7-9,12-14H2,(H,19,21)(H,20,22). The minimum atomic E-state index is -0.145. The Kier molecular flexibility index (Phi) is 7.43. The van der Waals surface area contributed by atoms with Gasteiger partial charge >= 0.3 is 0 Å². The molecule has 0 bridgehead atoms. The fraction of sp³-hybridized carbons (Fsp3) is 0.556. The Morgan fingerprint density at radius 3 is 2.52 bits per heavy atom. The van der Waals surface area contributed by atoms with Crippen molar-refractivity contribution >= 4 is 11.8 Å². The minimum absolute atomic E-state index is 0.0206. The van der Waals surface area contributed by atoms with Gasteiger partial charge in [-0.1, -0.05) is 37.5 Å². The van der Waals surface area contributed by atoms with Gasteiger partial charge in [0, 0.05) is 12.5 Å². The largest absolute Gasteiger partial charge is 0.494 e. The first-order valence-corrected chi connectivity index (χ1v) is 8.48. The highest BCUT2D eigenvalue weighted by atomic mass is 16.5. The van der Waals surface area contributed by atoms with E-state index in [0.29, 0.717) is 13.2 Å². The van der Waals surface area contributed by atoms with Crippen molar-refractivity contribution in [2.24, 2.45) is 5.92 Å². The van der Waals surface area contributed by atoms with E-state index in [4.69, 9.17) is 4.74 Å². The first kappa shape index (κ1) is 17.3. The minimum Gasteiger partial charge on any atom is -0.494 e. The van der Waals surface area contributed by atoms with Gasteiger partial charge in [0.1, 0.15) is 5.75 Å². The number of para-hydroxylation sites is 1. The lowest BCUT2D eigenvalue weighted by molar-refractivity contribution is -0.129. The Morgan fingerprint density at radius 1 is 1.04 bits per heavy atom. The molecular weight excluding hydrogens is 292 g/mol. The molecule has 5 heteroatoms. The quantitative estimate of drug-likeness (QED) is 0.723. The van der Waals surface area contributed by atoms with Crippen molar-refractivity contribution in [3.05, 3.63) is 30.3 Å². The molecule has 1 fully saturated rings. The summed E-state index contributed by atoms with van der Waals surface area (Å²) in [5.74, 6) is 0.801. The van der Waals surface area contributed by atoms with Crippen LogP contribution in [-0.4, -0.2) is 31.5 Å². The van der Waals surface area contributed by atoms with E-state index in [1.54, 1.807) is 0 Å². The molecule has 2 N–H and O–H groups in total. The number of carbonyl (C=O) groups is 2. The summed E-state index contributed by atoms with van der Waals surface area (Å²) in [4.78, 5) is 23.6. The molecule has 1 aliphatic rings. The van der Waals surface area contributed by atoms with Crippen LogP contribution >= 0.6 is 0 Å². The lowest BCUT2D eigenvalue weighted by atomic mass is 9.89. The monoisotopic (exact) mass is 318 g/mol. The van der Waals surface area contributed by atoms with E-state index in [2.05, 4.69) is 10.6 Å². The van der Waals surface area contributed by atoms with Crippen LogP contribution in [0.1, 0.15) is 38.5 Å². The average molecular weight is 318 g/mol. The third-order valence-electron chi connectivity index (χ3n) is 4.05. The molecule has 126 valence electrons. The predicted molar refractivity (Wildman–Crippen MR) is 89.1 cm³/mol. The van der Waals surface area contributed by atoms with Crippen molar-refractivity contribution in [2.75, 3.05) is 19.7 Å². The lowest BCUT2D eigenvalue weighted by Gasteiger charge is -2.20. The molecule has 1 aromatic carbocycles. The third kappa shape index (κ3) is 6.72. The molecule has 1 aliphatic carbocycles. The number of amides is 2. The maximum absolute atomic E-state index is 11.9. The van der Waals surface area contributed by atoms with E-state index in [1.165, 1.54) is 6.42 Å². The van der Waals surface area contributed by atoms with Crippen molar-refractivity contribution in [3.8, 4) is 5.75 Å². The van der Waals surface area contributed by atoms with Crippen LogP contribution in [0.5, 0.6) is 5.75 Å². The van der Waals surface area contributed by atoms with Gasteiger partial charge in [-0.2, -0.15) is 0 Å². The maximum Gasteiger partial charge on any atom is 0.239 e. The lowest BCUT2D eigenvalue weighted by Crippen LogP contribution is -2.40. The Balaban J connectivity index is 1.50. The van der Waals surface area contributed by atoms with Crippen molar-refractivity contribution in [1.82, 2.24) is 10.6 Å². The van der Waals surface area contributed by atoms with Gasteiger partial charge in [-0.15, -0.1) is 0 Å². The van der Waals surface area contributed by atoms with Gasteiger partial charge in [0.05, 0.1) is 13.2 Å². The van der Waals surface area contributed by atoms with E-state index in [9.17, 15) is 9.59 Å². The summed E-state index contributed by atoms with van der Waals surface area (Å²) in [6.07, 6.45) is 6.08. The Bertz CT molecular complexity index is 484. The zero-order valence-electron chi connectivity index (χ0n) is 13.6. The van der Waals surface area contributed by atoms with E-state index >= 15 is 0 Å². The topological polar surface area (TPSA) is 67.4 Å². The number of benzene rings is 1. The fourth-order valence-electron chi connectivity index (χ4n) is 2.75. The molecule has 0 aromatic heterocycles. The van der Waals surface area contributed by atoms with Gasteiger partial charge in [0.15, 0.2) is 0 Å². The summed E-state index contributed by atoms with van der Waals surface area (Å²) < 4.78 is 5.54. The number of nitrogens with one attached hydrogen (secondary N) is 2. The molecule has 1 aromatic rings. The highest BCUT2D eigenvalue weighted by molar-refractivity contribution is 5.85. The van der Waals surface area contributed by atoms with Gasteiger partial charge in [-0.05, 0) is 31.4 Å². The first-order chi connectivity index (χ1) is 11.3. The zero-order valence-corrected chi connectivity index (χ0v) is 13.6. The highest BCUT2D eigenvalue weighted by Crippen LogP contribution is 2.23. The van der Waals surface area contributed by atoms with E-state index < -0.39 is 0 Å². The van der Waals surface area contributed by atoms with Gasteiger partial charge in [-0.25, -0.2) is 0 Å². The van der Waals surface area contributed by atoms with E-state index in [-0.39, 0.29) is 24.3 Å². The van der Waals surface area contributed by atoms with Crippen molar-refractivity contribution in [3.63, 3.8) is 0 Å². The summed E-state index contributed by atoms with van der Waals surface area (Å²) >= 11 is 0. The number of rotatable bonds is 8. The van der Waals surface area contributed by atoms with Gasteiger partial charge in [0.25, 0.3) is 0 Å². The molecule has 1 saturated carbocycles. The number of ether oxygens (including phenoxy) is 1. The third-order valence-corrected chi connectivity index (χ3v) is 4.05. The fourth-order valence-corrected chi connectivity index (χ4v) is 2.75. The second-order valence-electron chi connectivity index (χ2n) is 5.92. The van der Waals surface area contributed by atoms with Crippen LogP contribution in [0, 0.1) is 5.92 Å². The molecule has 0 radical (unpaired) electrons. The van der Waals surface area contributed by atoms with Crippen molar-refractivity contribution < 1.29 is 14.3 Å². The van der Waals surface area contributed by atoms with Crippen LogP contribution in [-0.2, 0) is 9.59 Å². The molecule has 2 amide bonds. The number of carbonyl (C=O) groups excluding carboxylic acids is 2. The second kappa shape index (κ2) is 9.87. The van der Waals surface area contributed by atoms with Crippen LogP contribution in [0.2, 0.25) is 0 Å². The van der Waals surface area contributed by atoms with Crippen LogP contribution in [0.25, 0.3) is 0 Å². The molecule has 0 spiro atoms. The van der Waals surface area contributed by atoms with Crippen LogP contribution in [0.4, 0.5) is 0 Å². The normalized spacial score (nSPS) is 15.0. The molecule has 0 atom stereocenters. The van der Waals surface area contributed by atoms with E-state index in [1.807, 2.05) is 30.3 Å². The smallest absolute Gasteiger partial charge is 0.239 e. The first-order valence-electron chi connectivity index (χ1n) is 8.48. The highest BCUT2D eigenvalue weighted by Gasteiger charge is 2.21. The second-order valence-corrected chi connectivity index (χ2v) is 5.92. The van der Waals surface area contributed by atoms with Crippen LogP contribution in [0.3, 0.4) is 0 Å². The summed E-state index contributed by atoms with van der Waals surface area (Å²) in [7, 11) is 0.